The first-order valence-electron chi connectivity index (χ1n) is 6.45. The van der Waals surface area contributed by atoms with Crippen LogP contribution in [-0.2, 0) is 0 Å². The number of methoxy groups -OCH3 is 2. The van der Waals surface area contributed by atoms with Gasteiger partial charge in [0.15, 0.2) is 4.34 Å². The van der Waals surface area contributed by atoms with Gasteiger partial charge in [-0.25, -0.2) is 4.98 Å². The Morgan fingerprint density at radius 1 is 1.30 bits per heavy atom. The maximum atomic E-state index is 5.38. The number of aromatic nitrogens is 1. The Bertz CT molecular complexity index is 596. The number of nitrogens with one attached hydrogen (secondary N) is 1. The number of nitrogens with zero attached hydrogens (tertiary/aromatic N) is 1. The fraction of sp³-hybridized carbons (Fsp3) is 0.500. The number of thiazole rings is 1. The Morgan fingerprint density at radius 3 is 2.65 bits per heavy atom. The molecule has 1 heterocycles. The average Bonchev–Trinajstić information content (AvgIpc) is 2.87. The Hall–Kier alpha value is -0.980. The molecule has 0 atom stereocenters. The van der Waals surface area contributed by atoms with Crippen LogP contribution in [0, 0.1) is 0 Å². The summed E-state index contributed by atoms with van der Waals surface area (Å²) in [7, 11) is 3.31. The van der Waals surface area contributed by atoms with Gasteiger partial charge in [-0.15, -0.1) is 11.3 Å². The first-order valence-corrected chi connectivity index (χ1v) is 8.09. The van der Waals surface area contributed by atoms with E-state index in [1.165, 1.54) is 0 Å². The number of benzene rings is 1. The van der Waals surface area contributed by atoms with Gasteiger partial charge in [-0.2, -0.15) is 0 Å². The molecule has 0 fully saturated rings. The number of ether oxygens (including phenoxy) is 2. The molecule has 6 heteroatoms. The van der Waals surface area contributed by atoms with E-state index in [0.717, 1.165) is 32.5 Å². The Labute approximate surface area is 128 Å². The molecule has 0 radical (unpaired) electrons. The molecule has 0 saturated carbocycles. The van der Waals surface area contributed by atoms with Crippen molar-refractivity contribution in [3.8, 4) is 11.5 Å². The topological polar surface area (TPSA) is 43.4 Å². The highest BCUT2D eigenvalue weighted by Crippen LogP contribution is 2.37. The van der Waals surface area contributed by atoms with Crippen molar-refractivity contribution in [2.45, 2.75) is 37.1 Å². The van der Waals surface area contributed by atoms with Gasteiger partial charge >= 0.3 is 0 Å². The van der Waals surface area contributed by atoms with Crippen LogP contribution in [-0.4, -0.2) is 24.7 Å². The van der Waals surface area contributed by atoms with Crippen LogP contribution in [0.2, 0.25) is 0 Å². The molecule has 1 aromatic carbocycles. The summed E-state index contributed by atoms with van der Waals surface area (Å²) in [6, 6.07) is 3.85. The van der Waals surface area contributed by atoms with Crippen LogP contribution >= 0.6 is 23.3 Å². The highest BCUT2D eigenvalue weighted by molar-refractivity contribution is 7.99. The summed E-state index contributed by atoms with van der Waals surface area (Å²) >= 11 is 3.21. The van der Waals surface area contributed by atoms with E-state index >= 15 is 0 Å². The van der Waals surface area contributed by atoms with E-state index in [-0.39, 0.29) is 5.54 Å². The second-order valence-electron chi connectivity index (χ2n) is 5.10. The maximum absolute atomic E-state index is 5.38. The second kappa shape index (κ2) is 6.20. The molecule has 2 rings (SSSR count). The minimum absolute atomic E-state index is 0.0876. The lowest BCUT2D eigenvalue weighted by Crippen LogP contribution is -2.33. The quantitative estimate of drug-likeness (QED) is 0.814. The van der Waals surface area contributed by atoms with Crippen LogP contribution in [0.4, 0.5) is 0 Å². The second-order valence-corrected chi connectivity index (χ2v) is 7.18. The van der Waals surface area contributed by atoms with Crippen LogP contribution in [0.3, 0.4) is 0 Å². The largest absolute Gasteiger partial charge is 0.497 e. The minimum Gasteiger partial charge on any atom is -0.497 e. The van der Waals surface area contributed by atoms with Gasteiger partial charge < -0.3 is 9.47 Å². The lowest BCUT2D eigenvalue weighted by molar-refractivity contribution is 0.397. The van der Waals surface area contributed by atoms with E-state index in [9.17, 15) is 0 Å². The van der Waals surface area contributed by atoms with Crippen molar-refractivity contribution in [1.29, 1.82) is 0 Å². The summed E-state index contributed by atoms with van der Waals surface area (Å²) < 4.78 is 16.2. The molecule has 20 heavy (non-hydrogen) atoms. The zero-order valence-electron chi connectivity index (χ0n) is 12.4. The lowest BCUT2D eigenvalue weighted by atomic mass is 10.0. The Morgan fingerprint density at radius 2 is 2.05 bits per heavy atom. The lowest BCUT2D eigenvalue weighted by Gasteiger charge is -2.22. The van der Waals surface area contributed by atoms with Gasteiger partial charge in [0.25, 0.3) is 0 Å². The van der Waals surface area contributed by atoms with E-state index < -0.39 is 0 Å². The molecule has 0 saturated heterocycles. The van der Waals surface area contributed by atoms with Crippen molar-refractivity contribution in [3.63, 3.8) is 0 Å². The van der Waals surface area contributed by atoms with Gasteiger partial charge in [0, 0.05) is 11.6 Å². The zero-order valence-corrected chi connectivity index (χ0v) is 14.1. The highest BCUT2D eigenvalue weighted by Gasteiger charge is 2.17. The van der Waals surface area contributed by atoms with Crippen molar-refractivity contribution in [2.24, 2.45) is 0 Å². The van der Waals surface area contributed by atoms with Crippen LogP contribution in [0.25, 0.3) is 10.2 Å². The molecule has 0 spiro atoms. The summed E-state index contributed by atoms with van der Waals surface area (Å²) in [6.45, 7) is 6.52. The molecular formula is C14H20N2O2S2. The predicted molar refractivity (Wildman–Crippen MR) is 86.1 cm³/mol. The van der Waals surface area contributed by atoms with Crippen LogP contribution in [0.1, 0.15) is 27.2 Å². The van der Waals surface area contributed by atoms with E-state index in [1.54, 1.807) is 37.5 Å². The van der Waals surface area contributed by atoms with Gasteiger partial charge in [0.05, 0.1) is 18.9 Å². The monoisotopic (exact) mass is 312 g/mol. The highest BCUT2D eigenvalue weighted by atomic mass is 32.2. The fourth-order valence-corrected chi connectivity index (χ4v) is 3.47. The SMILES string of the molecule is CCC(C)(C)NSc1nc2c(OC)cc(OC)cc2s1. The van der Waals surface area contributed by atoms with E-state index in [1.807, 2.05) is 12.1 Å². The van der Waals surface area contributed by atoms with Crippen LogP contribution in [0.5, 0.6) is 11.5 Å². The first kappa shape index (κ1) is 15.4. The number of rotatable bonds is 6. The smallest absolute Gasteiger partial charge is 0.166 e. The first-order chi connectivity index (χ1) is 9.49. The van der Waals surface area contributed by atoms with Crippen molar-refractivity contribution in [2.75, 3.05) is 14.2 Å². The zero-order chi connectivity index (χ0) is 14.8. The molecule has 0 unspecified atom stereocenters. The van der Waals surface area contributed by atoms with Gasteiger partial charge in [-0.3, -0.25) is 4.72 Å². The third kappa shape index (κ3) is 3.37. The Balaban J connectivity index is 2.29. The van der Waals surface area contributed by atoms with Crippen molar-refractivity contribution in [3.05, 3.63) is 12.1 Å². The molecule has 4 nitrogen and oxygen atoms in total. The summed E-state index contributed by atoms with van der Waals surface area (Å²) in [5.74, 6) is 1.54. The van der Waals surface area contributed by atoms with Gasteiger partial charge in [0.2, 0.25) is 0 Å². The molecule has 0 amide bonds. The molecule has 0 bridgehead atoms. The molecular weight excluding hydrogens is 292 g/mol. The summed E-state index contributed by atoms with van der Waals surface area (Å²) in [5, 5.41) is 0. The maximum Gasteiger partial charge on any atom is 0.166 e. The average molecular weight is 312 g/mol. The summed E-state index contributed by atoms with van der Waals surface area (Å²) in [5.41, 5.74) is 0.974. The normalized spacial score (nSPS) is 11.8. The van der Waals surface area contributed by atoms with Gasteiger partial charge in [0.1, 0.15) is 17.0 Å². The van der Waals surface area contributed by atoms with E-state index in [2.05, 4.69) is 30.5 Å². The summed E-state index contributed by atoms with van der Waals surface area (Å²) in [4.78, 5) is 4.63. The predicted octanol–water partition coefficient (Wildman–Crippen LogP) is 4.10. The van der Waals surface area contributed by atoms with Crippen LogP contribution in [0.15, 0.2) is 16.5 Å². The van der Waals surface area contributed by atoms with Crippen molar-refractivity contribution >= 4 is 33.5 Å². The van der Waals surface area contributed by atoms with Gasteiger partial charge in [-0.05, 0) is 38.3 Å². The molecule has 0 aliphatic carbocycles. The number of hydrogen-bond acceptors (Lipinski definition) is 6. The van der Waals surface area contributed by atoms with Gasteiger partial charge in [-0.1, -0.05) is 6.92 Å². The third-order valence-electron chi connectivity index (χ3n) is 3.17. The molecule has 1 aromatic heterocycles. The number of fused-ring (bicyclic) bond motifs is 1. The standard InChI is InChI=1S/C14H20N2O2S2/c1-6-14(2,3)16-20-13-15-12-10(18-5)7-9(17-4)8-11(12)19-13/h7-8,16H,6H2,1-5H3. The molecule has 0 aliphatic rings. The summed E-state index contributed by atoms with van der Waals surface area (Å²) in [6.07, 6.45) is 1.06. The fourth-order valence-electron chi connectivity index (χ4n) is 1.53. The Kier molecular flexibility index (Phi) is 4.78. The van der Waals surface area contributed by atoms with E-state index in [0.29, 0.717) is 0 Å². The van der Waals surface area contributed by atoms with Crippen LogP contribution < -0.4 is 14.2 Å². The third-order valence-corrected chi connectivity index (χ3v) is 5.39. The van der Waals surface area contributed by atoms with Crippen molar-refractivity contribution < 1.29 is 9.47 Å². The molecule has 2 aromatic rings. The molecule has 1 N–H and O–H groups in total. The number of hydrogen-bond donors (Lipinski definition) is 1. The van der Waals surface area contributed by atoms with E-state index in [4.69, 9.17) is 9.47 Å². The molecule has 0 aliphatic heterocycles. The minimum atomic E-state index is 0.0876. The van der Waals surface area contributed by atoms with Crippen molar-refractivity contribution in [1.82, 2.24) is 9.71 Å². The molecule has 110 valence electrons.